The van der Waals surface area contributed by atoms with E-state index in [-0.39, 0.29) is 30.6 Å². The molecule has 0 aliphatic carbocycles. The SMILES string of the molecule is O=C(Nc1ccc2c(c1)OCO2)C1CCN(C(=O)c2ccccc2SC[C@H]2CCCO2)CC1. The van der Waals surface area contributed by atoms with Crippen LogP contribution in [0.15, 0.2) is 47.4 Å². The molecule has 0 radical (unpaired) electrons. The average molecular weight is 469 g/mol. The number of nitrogens with zero attached hydrogens (tertiary/aromatic N) is 1. The van der Waals surface area contributed by atoms with Crippen LogP contribution >= 0.6 is 11.8 Å². The number of nitrogens with one attached hydrogen (secondary N) is 1. The van der Waals surface area contributed by atoms with Crippen molar-refractivity contribution in [1.29, 1.82) is 0 Å². The molecule has 1 N–H and O–H groups in total. The Balaban J connectivity index is 1.15. The third-order valence-electron chi connectivity index (χ3n) is 6.36. The Labute approximate surface area is 197 Å². The van der Waals surface area contributed by atoms with Gasteiger partial charge in [-0.05, 0) is 49.9 Å². The summed E-state index contributed by atoms with van der Waals surface area (Å²) in [4.78, 5) is 28.9. The minimum absolute atomic E-state index is 0.0199. The number of anilines is 1. The number of hydrogen-bond donors (Lipinski definition) is 1. The maximum atomic E-state index is 13.2. The van der Waals surface area contributed by atoms with Crippen LogP contribution in [0.2, 0.25) is 0 Å². The highest BCUT2D eigenvalue weighted by molar-refractivity contribution is 7.99. The molecule has 5 rings (SSSR count). The zero-order chi connectivity index (χ0) is 22.6. The summed E-state index contributed by atoms with van der Waals surface area (Å²) < 4.78 is 16.4. The van der Waals surface area contributed by atoms with Crippen LogP contribution in [0, 0.1) is 5.92 Å². The highest BCUT2D eigenvalue weighted by atomic mass is 32.2. The van der Waals surface area contributed by atoms with Gasteiger partial charge >= 0.3 is 0 Å². The zero-order valence-corrected chi connectivity index (χ0v) is 19.3. The molecule has 0 spiro atoms. The molecule has 2 amide bonds. The fourth-order valence-electron chi connectivity index (χ4n) is 4.46. The molecule has 2 aromatic carbocycles. The van der Waals surface area contributed by atoms with Gasteiger partial charge in [-0.25, -0.2) is 0 Å². The van der Waals surface area contributed by atoms with Gasteiger partial charge in [0, 0.05) is 48.0 Å². The van der Waals surface area contributed by atoms with E-state index in [2.05, 4.69) is 5.32 Å². The van der Waals surface area contributed by atoms with Crippen molar-refractivity contribution in [3.05, 3.63) is 48.0 Å². The van der Waals surface area contributed by atoms with Gasteiger partial charge in [-0.3, -0.25) is 9.59 Å². The zero-order valence-electron chi connectivity index (χ0n) is 18.5. The minimum atomic E-state index is -0.122. The summed E-state index contributed by atoms with van der Waals surface area (Å²) in [5, 5.41) is 2.98. The number of piperidine rings is 1. The van der Waals surface area contributed by atoms with Gasteiger partial charge in [0.05, 0.1) is 11.7 Å². The Hall–Kier alpha value is -2.71. The topological polar surface area (TPSA) is 77.1 Å². The Morgan fingerprint density at radius 2 is 1.85 bits per heavy atom. The van der Waals surface area contributed by atoms with Crippen LogP contribution in [0.3, 0.4) is 0 Å². The molecule has 2 fully saturated rings. The quantitative estimate of drug-likeness (QED) is 0.641. The van der Waals surface area contributed by atoms with Crippen molar-refractivity contribution in [2.45, 2.75) is 36.7 Å². The van der Waals surface area contributed by atoms with Crippen LogP contribution < -0.4 is 14.8 Å². The number of benzene rings is 2. The molecule has 2 aromatic rings. The van der Waals surface area contributed by atoms with Crippen molar-refractivity contribution >= 4 is 29.3 Å². The monoisotopic (exact) mass is 468 g/mol. The maximum absolute atomic E-state index is 13.2. The van der Waals surface area contributed by atoms with Crippen LogP contribution in [0.5, 0.6) is 11.5 Å². The Morgan fingerprint density at radius 3 is 2.67 bits per heavy atom. The summed E-state index contributed by atoms with van der Waals surface area (Å²) in [5.74, 6) is 2.10. The minimum Gasteiger partial charge on any atom is -0.454 e. The molecule has 8 heteroatoms. The van der Waals surface area contributed by atoms with Gasteiger partial charge in [0.25, 0.3) is 5.91 Å². The van der Waals surface area contributed by atoms with Gasteiger partial charge in [0.15, 0.2) is 11.5 Å². The molecule has 0 aromatic heterocycles. The molecule has 33 heavy (non-hydrogen) atoms. The normalized spacial score (nSPS) is 20.1. The molecule has 2 saturated heterocycles. The first-order chi connectivity index (χ1) is 16.2. The lowest BCUT2D eigenvalue weighted by Gasteiger charge is -2.32. The van der Waals surface area contributed by atoms with Gasteiger partial charge in [-0.15, -0.1) is 11.8 Å². The Bertz CT molecular complexity index is 1020. The van der Waals surface area contributed by atoms with Crippen molar-refractivity contribution in [2.24, 2.45) is 5.92 Å². The lowest BCUT2D eigenvalue weighted by atomic mass is 9.95. The number of carbonyl (C=O) groups excluding carboxylic acids is 2. The second kappa shape index (κ2) is 10.1. The maximum Gasteiger partial charge on any atom is 0.254 e. The standard InChI is InChI=1S/C25H28N2O5S/c28-24(26-18-7-8-21-22(14-18)32-16-31-21)17-9-11-27(12-10-17)25(29)20-5-1-2-6-23(20)33-15-19-4-3-13-30-19/h1-2,5-8,14,17,19H,3-4,9-13,15-16H2,(H,26,28)/t19-/m1/s1. The van der Waals surface area contributed by atoms with Crippen molar-refractivity contribution in [3.8, 4) is 11.5 Å². The first-order valence-corrected chi connectivity index (χ1v) is 12.5. The molecule has 7 nitrogen and oxygen atoms in total. The van der Waals surface area contributed by atoms with E-state index >= 15 is 0 Å². The number of rotatable bonds is 6. The van der Waals surface area contributed by atoms with E-state index in [1.54, 1.807) is 23.9 Å². The fraction of sp³-hybridized carbons (Fsp3) is 0.440. The number of ether oxygens (including phenoxy) is 3. The van der Waals surface area contributed by atoms with Gasteiger partial charge in [-0.2, -0.15) is 0 Å². The smallest absolute Gasteiger partial charge is 0.254 e. The number of hydrogen-bond acceptors (Lipinski definition) is 6. The summed E-state index contributed by atoms with van der Waals surface area (Å²) in [6, 6.07) is 13.2. The van der Waals surface area contributed by atoms with Crippen molar-refractivity contribution in [2.75, 3.05) is 37.6 Å². The summed E-state index contributed by atoms with van der Waals surface area (Å²) in [5.41, 5.74) is 1.43. The Kier molecular flexibility index (Phi) is 6.73. The summed E-state index contributed by atoms with van der Waals surface area (Å²) in [6.45, 7) is 2.18. The molecule has 0 saturated carbocycles. The largest absolute Gasteiger partial charge is 0.454 e. The molecular weight excluding hydrogens is 440 g/mol. The van der Waals surface area contributed by atoms with Gasteiger partial charge < -0.3 is 24.4 Å². The summed E-state index contributed by atoms with van der Waals surface area (Å²) in [7, 11) is 0. The van der Waals surface area contributed by atoms with Crippen molar-refractivity contribution in [3.63, 3.8) is 0 Å². The molecule has 3 aliphatic rings. The molecule has 174 valence electrons. The second-order valence-corrected chi connectivity index (χ2v) is 9.63. The molecular formula is C25H28N2O5S. The van der Waals surface area contributed by atoms with Crippen LogP contribution in [0.1, 0.15) is 36.0 Å². The highest BCUT2D eigenvalue weighted by Crippen LogP contribution is 2.35. The third kappa shape index (κ3) is 5.12. The van der Waals surface area contributed by atoms with E-state index in [0.29, 0.717) is 43.1 Å². The predicted octanol–water partition coefficient (Wildman–Crippen LogP) is 4.18. The first kappa shape index (κ1) is 22.1. The number of amides is 2. The molecule has 0 unspecified atom stereocenters. The number of thioether (sulfide) groups is 1. The summed E-state index contributed by atoms with van der Waals surface area (Å²) in [6.07, 6.45) is 3.77. The van der Waals surface area contributed by atoms with Gasteiger partial charge in [0.1, 0.15) is 0 Å². The summed E-state index contributed by atoms with van der Waals surface area (Å²) >= 11 is 1.70. The van der Waals surface area contributed by atoms with Crippen LogP contribution in [-0.2, 0) is 9.53 Å². The predicted molar refractivity (Wildman–Crippen MR) is 126 cm³/mol. The second-order valence-electron chi connectivity index (χ2n) is 8.57. The molecule has 0 bridgehead atoms. The molecule has 1 atom stereocenters. The van der Waals surface area contributed by atoms with Crippen molar-refractivity contribution < 1.29 is 23.8 Å². The fourth-order valence-corrected chi connectivity index (χ4v) is 5.58. The number of fused-ring (bicyclic) bond motifs is 1. The van der Waals surface area contributed by atoms with Gasteiger partial charge in [-0.1, -0.05) is 12.1 Å². The van der Waals surface area contributed by atoms with Crippen molar-refractivity contribution in [1.82, 2.24) is 4.90 Å². The van der Waals surface area contributed by atoms with E-state index in [9.17, 15) is 9.59 Å². The number of carbonyl (C=O) groups is 2. The number of likely N-dealkylation sites (tertiary alicyclic amines) is 1. The van der Waals surface area contributed by atoms with Gasteiger partial charge in [0.2, 0.25) is 12.7 Å². The van der Waals surface area contributed by atoms with Crippen LogP contribution in [0.4, 0.5) is 5.69 Å². The highest BCUT2D eigenvalue weighted by Gasteiger charge is 2.29. The molecule has 3 aliphatic heterocycles. The lowest BCUT2D eigenvalue weighted by Crippen LogP contribution is -2.41. The van der Waals surface area contributed by atoms with E-state index in [1.165, 1.54) is 0 Å². The first-order valence-electron chi connectivity index (χ1n) is 11.5. The molecule has 3 heterocycles. The van der Waals surface area contributed by atoms with E-state index in [1.807, 2.05) is 35.2 Å². The van der Waals surface area contributed by atoms with E-state index in [0.717, 1.165) is 35.7 Å². The lowest BCUT2D eigenvalue weighted by molar-refractivity contribution is -0.121. The van der Waals surface area contributed by atoms with E-state index in [4.69, 9.17) is 14.2 Å². The third-order valence-corrected chi connectivity index (χ3v) is 7.56. The Morgan fingerprint density at radius 1 is 1.03 bits per heavy atom. The van der Waals surface area contributed by atoms with E-state index < -0.39 is 0 Å². The van der Waals surface area contributed by atoms with Crippen LogP contribution in [-0.4, -0.2) is 55.1 Å². The average Bonchev–Trinajstić information content (AvgIpc) is 3.54. The van der Waals surface area contributed by atoms with Crippen LogP contribution in [0.25, 0.3) is 0 Å².